The Morgan fingerprint density at radius 1 is 1.25 bits per heavy atom. The summed E-state index contributed by atoms with van der Waals surface area (Å²) in [7, 11) is 0. The van der Waals surface area contributed by atoms with Crippen molar-refractivity contribution in [2.45, 2.75) is 27.7 Å². The molecule has 1 aromatic rings. The van der Waals surface area contributed by atoms with Gasteiger partial charge < -0.3 is 5.73 Å². The zero-order valence-corrected chi connectivity index (χ0v) is 9.94. The Morgan fingerprint density at radius 2 is 1.81 bits per heavy atom. The number of nitrogens with two attached hydrogens (primary N) is 1. The van der Waals surface area contributed by atoms with E-state index in [1.807, 2.05) is 20.8 Å². The van der Waals surface area contributed by atoms with Crippen LogP contribution in [-0.2, 0) is 0 Å². The second kappa shape index (κ2) is 4.20. The summed E-state index contributed by atoms with van der Waals surface area (Å²) in [6, 6.07) is 2.56. The number of hydrogen-bond acceptors (Lipinski definition) is 1. The van der Waals surface area contributed by atoms with Gasteiger partial charge in [0.15, 0.2) is 11.6 Å². The minimum atomic E-state index is -0.699. The first-order valence-electron chi connectivity index (χ1n) is 5.02. The lowest BCUT2D eigenvalue weighted by molar-refractivity contribution is 0.570. The number of halogens is 2. The number of nitrogens with zero attached hydrogens (tertiary/aromatic N) is 1. The van der Waals surface area contributed by atoms with Gasteiger partial charge in [-0.05, 0) is 18.6 Å². The van der Waals surface area contributed by atoms with Crippen LogP contribution in [0.4, 0.5) is 14.5 Å². The SMILES string of the molecule is Cc1ccc(F)c(N=C(N)C(C)(C)C)c1F. The zero-order chi connectivity index (χ0) is 12.5. The molecule has 0 aliphatic rings. The minimum Gasteiger partial charge on any atom is -0.387 e. The fourth-order valence-electron chi connectivity index (χ4n) is 1.03. The summed E-state index contributed by atoms with van der Waals surface area (Å²) in [5.41, 5.74) is 5.31. The molecule has 0 aromatic heterocycles. The smallest absolute Gasteiger partial charge is 0.154 e. The van der Waals surface area contributed by atoms with Crippen molar-refractivity contribution in [1.29, 1.82) is 0 Å². The highest BCUT2D eigenvalue weighted by Gasteiger charge is 2.18. The van der Waals surface area contributed by atoms with E-state index in [1.165, 1.54) is 12.1 Å². The van der Waals surface area contributed by atoms with E-state index in [2.05, 4.69) is 4.99 Å². The summed E-state index contributed by atoms with van der Waals surface area (Å²) in [5.74, 6) is -1.15. The molecule has 0 spiro atoms. The van der Waals surface area contributed by atoms with Gasteiger partial charge in [-0.25, -0.2) is 13.8 Å². The summed E-state index contributed by atoms with van der Waals surface area (Å²) in [6.45, 7) is 7.05. The Labute approximate surface area is 94.2 Å². The van der Waals surface area contributed by atoms with Crippen LogP contribution in [0.25, 0.3) is 0 Å². The van der Waals surface area contributed by atoms with Gasteiger partial charge in [0, 0.05) is 5.41 Å². The van der Waals surface area contributed by atoms with E-state index in [-0.39, 0.29) is 11.5 Å². The zero-order valence-electron chi connectivity index (χ0n) is 9.94. The Bertz CT molecular complexity index is 431. The second-order valence-electron chi connectivity index (χ2n) is 4.77. The number of rotatable bonds is 1. The molecule has 4 heteroatoms. The number of hydrogen-bond donors (Lipinski definition) is 1. The molecule has 0 heterocycles. The van der Waals surface area contributed by atoms with Crippen molar-refractivity contribution in [3.05, 3.63) is 29.3 Å². The predicted octanol–water partition coefficient (Wildman–Crippen LogP) is 3.31. The van der Waals surface area contributed by atoms with Crippen molar-refractivity contribution < 1.29 is 8.78 Å². The molecule has 1 aromatic carbocycles. The first-order chi connectivity index (χ1) is 7.23. The summed E-state index contributed by atoms with van der Waals surface area (Å²) >= 11 is 0. The second-order valence-corrected chi connectivity index (χ2v) is 4.77. The molecule has 0 aliphatic heterocycles. The third kappa shape index (κ3) is 2.56. The van der Waals surface area contributed by atoms with Crippen molar-refractivity contribution >= 4 is 11.5 Å². The van der Waals surface area contributed by atoms with Gasteiger partial charge in [0.1, 0.15) is 11.5 Å². The first kappa shape index (κ1) is 12.6. The Kier molecular flexibility index (Phi) is 3.31. The topological polar surface area (TPSA) is 38.4 Å². The summed E-state index contributed by atoms with van der Waals surface area (Å²) in [6.07, 6.45) is 0. The largest absolute Gasteiger partial charge is 0.387 e. The van der Waals surface area contributed by atoms with Crippen LogP contribution in [0.15, 0.2) is 17.1 Å². The molecule has 0 amide bonds. The van der Waals surface area contributed by atoms with Crippen LogP contribution in [0.5, 0.6) is 0 Å². The molecule has 88 valence electrons. The maximum Gasteiger partial charge on any atom is 0.154 e. The molecule has 0 saturated carbocycles. The monoisotopic (exact) mass is 226 g/mol. The minimum absolute atomic E-state index is 0.205. The molecular formula is C12H16F2N2. The van der Waals surface area contributed by atoms with Gasteiger partial charge in [-0.1, -0.05) is 26.8 Å². The van der Waals surface area contributed by atoms with E-state index in [0.717, 1.165) is 0 Å². The standard InChI is InChI=1S/C12H16F2N2/c1-7-5-6-8(13)10(9(7)14)16-11(15)12(2,3)4/h5-6H,1-4H3,(H2,15,16). The van der Waals surface area contributed by atoms with Crippen molar-refractivity contribution in [2.24, 2.45) is 16.1 Å². The normalized spacial score (nSPS) is 13.0. The molecule has 0 radical (unpaired) electrons. The van der Waals surface area contributed by atoms with Crippen LogP contribution < -0.4 is 5.73 Å². The van der Waals surface area contributed by atoms with Crippen molar-refractivity contribution in [2.75, 3.05) is 0 Å². The molecule has 0 unspecified atom stereocenters. The molecule has 0 atom stereocenters. The predicted molar refractivity (Wildman–Crippen MR) is 61.8 cm³/mol. The molecule has 0 bridgehead atoms. The molecule has 0 aliphatic carbocycles. The van der Waals surface area contributed by atoms with E-state index in [0.29, 0.717) is 5.56 Å². The van der Waals surface area contributed by atoms with Gasteiger partial charge >= 0.3 is 0 Å². The van der Waals surface area contributed by atoms with Crippen LogP contribution in [0.3, 0.4) is 0 Å². The highest BCUT2D eigenvalue weighted by molar-refractivity contribution is 5.87. The van der Waals surface area contributed by atoms with Gasteiger partial charge in [-0.3, -0.25) is 0 Å². The number of amidine groups is 1. The fraction of sp³-hybridized carbons (Fsp3) is 0.417. The van der Waals surface area contributed by atoms with E-state index in [9.17, 15) is 8.78 Å². The summed E-state index contributed by atoms with van der Waals surface area (Å²) in [4.78, 5) is 3.83. The van der Waals surface area contributed by atoms with Gasteiger partial charge in [0.25, 0.3) is 0 Å². The van der Waals surface area contributed by atoms with Gasteiger partial charge in [-0.2, -0.15) is 0 Å². The molecule has 0 saturated heterocycles. The highest BCUT2D eigenvalue weighted by atomic mass is 19.1. The summed E-state index contributed by atoms with van der Waals surface area (Å²) < 4.78 is 27.0. The molecule has 2 N–H and O–H groups in total. The maximum atomic E-state index is 13.6. The fourth-order valence-corrected chi connectivity index (χ4v) is 1.03. The highest BCUT2D eigenvalue weighted by Crippen LogP contribution is 2.26. The van der Waals surface area contributed by atoms with Gasteiger partial charge in [0.2, 0.25) is 0 Å². The third-order valence-electron chi connectivity index (χ3n) is 2.26. The lowest BCUT2D eigenvalue weighted by atomic mass is 9.95. The van der Waals surface area contributed by atoms with E-state index >= 15 is 0 Å². The average molecular weight is 226 g/mol. The lowest BCUT2D eigenvalue weighted by Crippen LogP contribution is -2.28. The molecule has 16 heavy (non-hydrogen) atoms. The third-order valence-corrected chi connectivity index (χ3v) is 2.26. The average Bonchev–Trinajstić information content (AvgIpc) is 2.17. The van der Waals surface area contributed by atoms with Crippen LogP contribution in [0.1, 0.15) is 26.3 Å². The Morgan fingerprint density at radius 3 is 2.31 bits per heavy atom. The maximum absolute atomic E-state index is 13.6. The Balaban J connectivity index is 3.30. The molecule has 1 rings (SSSR count). The van der Waals surface area contributed by atoms with Crippen LogP contribution in [-0.4, -0.2) is 5.84 Å². The number of benzene rings is 1. The van der Waals surface area contributed by atoms with Gasteiger partial charge in [-0.15, -0.1) is 0 Å². The van der Waals surface area contributed by atoms with Crippen LogP contribution in [0.2, 0.25) is 0 Å². The van der Waals surface area contributed by atoms with Crippen LogP contribution >= 0.6 is 0 Å². The van der Waals surface area contributed by atoms with Gasteiger partial charge in [0.05, 0.1) is 0 Å². The molecule has 2 nitrogen and oxygen atoms in total. The van der Waals surface area contributed by atoms with E-state index in [1.54, 1.807) is 6.92 Å². The number of aryl methyl sites for hydroxylation is 1. The van der Waals surface area contributed by atoms with Crippen molar-refractivity contribution in [3.63, 3.8) is 0 Å². The molecule has 0 fully saturated rings. The number of aliphatic imine (C=N–C) groups is 1. The Hall–Kier alpha value is -1.45. The lowest BCUT2D eigenvalue weighted by Gasteiger charge is -2.17. The van der Waals surface area contributed by atoms with E-state index in [4.69, 9.17) is 5.73 Å². The first-order valence-corrected chi connectivity index (χ1v) is 5.02. The summed E-state index contributed by atoms with van der Waals surface area (Å²) in [5, 5.41) is 0. The van der Waals surface area contributed by atoms with E-state index < -0.39 is 17.0 Å². The molecular weight excluding hydrogens is 210 g/mol. The van der Waals surface area contributed by atoms with Crippen LogP contribution in [0, 0.1) is 24.0 Å². The van der Waals surface area contributed by atoms with Crippen molar-refractivity contribution in [3.8, 4) is 0 Å². The quantitative estimate of drug-likeness (QED) is 0.579. The van der Waals surface area contributed by atoms with Crippen molar-refractivity contribution in [1.82, 2.24) is 0 Å².